The van der Waals surface area contributed by atoms with Gasteiger partial charge in [-0.1, -0.05) is 36.1 Å². The maximum absolute atomic E-state index is 12.4. The maximum Gasteiger partial charge on any atom is 0.252 e. The van der Waals surface area contributed by atoms with Crippen LogP contribution >= 0.6 is 34.0 Å². The molecule has 0 fully saturated rings. The molecule has 0 unspecified atom stereocenters. The van der Waals surface area contributed by atoms with Crippen LogP contribution in [0.5, 0.6) is 0 Å². The van der Waals surface area contributed by atoms with Crippen LogP contribution in [0.2, 0.25) is 0 Å². The summed E-state index contributed by atoms with van der Waals surface area (Å²) in [7, 11) is 0. The fourth-order valence-corrected chi connectivity index (χ4v) is 5.54. The summed E-state index contributed by atoms with van der Waals surface area (Å²) in [6.45, 7) is 3.84. The van der Waals surface area contributed by atoms with Crippen LogP contribution in [-0.2, 0) is 0 Å². The largest absolute Gasteiger partial charge is 0.336 e. The summed E-state index contributed by atoms with van der Waals surface area (Å²) in [5.74, 6) is 6.31. The lowest BCUT2D eigenvalue weighted by molar-refractivity contribution is 0.0930. The summed E-state index contributed by atoms with van der Waals surface area (Å²) >= 11 is 5.24. The number of carbonyl (C=O) groups excluding carboxylic acids is 1. The molecule has 0 aliphatic heterocycles. The smallest absolute Gasteiger partial charge is 0.252 e. The highest BCUT2D eigenvalue weighted by atomic mass is 32.1. The van der Waals surface area contributed by atoms with Crippen molar-refractivity contribution in [1.82, 2.24) is 5.32 Å². The van der Waals surface area contributed by atoms with Gasteiger partial charge in [-0.2, -0.15) is 0 Å². The van der Waals surface area contributed by atoms with Crippen LogP contribution in [0.15, 0.2) is 72.1 Å². The SMILES string of the molecule is CC(C)(C#Cc1ccc(-c2ccc(-c3cccs3)s2)s1)NC(=O)c1ccccc1. The van der Waals surface area contributed by atoms with E-state index in [9.17, 15) is 4.79 Å². The molecule has 0 radical (unpaired) electrons. The quantitative estimate of drug-likeness (QED) is 0.354. The number of thiophene rings is 3. The summed E-state index contributed by atoms with van der Waals surface area (Å²) in [6.07, 6.45) is 0. The minimum atomic E-state index is -0.619. The Balaban J connectivity index is 1.47. The number of carbonyl (C=O) groups is 1. The fourth-order valence-electron chi connectivity index (χ4n) is 2.75. The number of hydrogen-bond acceptors (Lipinski definition) is 4. The van der Waals surface area contributed by atoms with E-state index in [2.05, 4.69) is 52.9 Å². The third-order valence-corrected chi connectivity index (χ3v) is 7.53. The highest BCUT2D eigenvalue weighted by Crippen LogP contribution is 2.38. The van der Waals surface area contributed by atoms with E-state index < -0.39 is 5.54 Å². The number of hydrogen-bond donors (Lipinski definition) is 1. The van der Waals surface area contributed by atoms with E-state index in [1.165, 1.54) is 19.5 Å². The van der Waals surface area contributed by atoms with Gasteiger partial charge < -0.3 is 5.32 Å². The van der Waals surface area contributed by atoms with Gasteiger partial charge in [0.05, 0.1) is 10.4 Å². The van der Waals surface area contributed by atoms with Crippen LogP contribution in [0, 0.1) is 11.8 Å². The van der Waals surface area contributed by atoms with Crippen LogP contribution in [-0.4, -0.2) is 11.4 Å². The van der Waals surface area contributed by atoms with Crippen molar-refractivity contribution < 1.29 is 4.79 Å². The average Bonchev–Trinajstić information content (AvgIpc) is 3.47. The zero-order chi connectivity index (χ0) is 20.3. The number of nitrogens with one attached hydrogen (secondary N) is 1. The Labute approximate surface area is 182 Å². The monoisotopic (exact) mass is 433 g/mol. The molecule has 3 aromatic heterocycles. The van der Waals surface area contributed by atoms with E-state index in [0.717, 1.165) is 4.88 Å². The molecule has 29 heavy (non-hydrogen) atoms. The Bertz CT molecular complexity index is 1170. The fraction of sp³-hybridized carbons (Fsp3) is 0.125. The van der Waals surface area contributed by atoms with Gasteiger partial charge in [0, 0.05) is 25.1 Å². The van der Waals surface area contributed by atoms with Gasteiger partial charge >= 0.3 is 0 Å². The van der Waals surface area contributed by atoms with Gasteiger partial charge in [-0.05, 0) is 61.7 Å². The normalized spacial score (nSPS) is 11.0. The van der Waals surface area contributed by atoms with Crippen molar-refractivity contribution in [3.8, 4) is 31.3 Å². The highest BCUT2D eigenvalue weighted by molar-refractivity contribution is 7.26. The lowest BCUT2D eigenvalue weighted by Crippen LogP contribution is -2.42. The first-order valence-corrected chi connectivity index (χ1v) is 11.7. The van der Waals surface area contributed by atoms with E-state index in [0.29, 0.717) is 5.56 Å². The van der Waals surface area contributed by atoms with Crippen molar-refractivity contribution in [2.24, 2.45) is 0 Å². The van der Waals surface area contributed by atoms with Crippen molar-refractivity contribution in [3.63, 3.8) is 0 Å². The van der Waals surface area contributed by atoms with Crippen molar-refractivity contribution >= 4 is 39.9 Å². The first kappa shape index (κ1) is 19.7. The Morgan fingerprint density at radius 1 is 0.828 bits per heavy atom. The van der Waals surface area contributed by atoms with Gasteiger partial charge in [0.2, 0.25) is 0 Å². The zero-order valence-electron chi connectivity index (χ0n) is 16.1. The molecule has 144 valence electrons. The minimum Gasteiger partial charge on any atom is -0.336 e. The van der Waals surface area contributed by atoms with Crippen LogP contribution < -0.4 is 5.32 Å². The second kappa shape index (κ2) is 8.38. The molecule has 3 heterocycles. The molecule has 0 spiro atoms. The zero-order valence-corrected chi connectivity index (χ0v) is 18.5. The Kier molecular flexibility index (Phi) is 5.68. The van der Waals surface area contributed by atoms with Gasteiger partial charge in [0.1, 0.15) is 0 Å². The van der Waals surface area contributed by atoms with Gasteiger partial charge in [-0.3, -0.25) is 4.79 Å². The van der Waals surface area contributed by atoms with Crippen molar-refractivity contribution in [1.29, 1.82) is 0 Å². The van der Waals surface area contributed by atoms with Crippen LogP contribution in [0.3, 0.4) is 0 Å². The lowest BCUT2D eigenvalue weighted by Gasteiger charge is -2.19. The first-order chi connectivity index (χ1) is 14.0. The van der Waals surface area contributed by atoms with E-state index in [1.807, 2.05) is 38.1 Å². The molecule has 1 aromatic carbocycles. The molecular weight excluding hydrogens is 414 g/mol. The predicted molar refractivity (Wildman–Crippen MR) is 126 cm³/mol. The molecule has 0 bridgehead atoms. The second-order valence-electron chi connectivity index (χ2n) is 7.00. The Hall–Kier alpha value is -2.65. The molecular formula is C24H19NOS3. The van der Waals surface area contributed by atoms with Crippen LogP contribution in [0.1, 0.15) is 29.1 Å². The lowest BCUT2D eigenvalue weighted by atomic mass is 10.1. The van der Waals surface area contributed by atoms with Gasteiger partial charge in [0.15, 0.2) is 0 Å². The molecule has 1 N–H and O–H groups in total. The van der Waals surface area contributed by atoms with Crippen molar-refractivity contribution in [2.45, 2.75) is 19.4 Å². The van der Waals surface area contributed by atoms with Crippen LogP contribution in [0.4, 0.5) is 0 Å². The second-order valence-corrected chi connectivity index (χ2v) is 10.1. The average molecular weight is 434 g/mol. The minimum absolute atomic E-state index is 0.114. The number of rotatable bonds is 4. The van der Waals surface area contributed by atoms with E-state index in [4.69, 9.17) is 0 Å². The standard InChI is InChI=1S/C24H19NOS3/c1-24(2,25-23(26)17-7-4-3-5-8-17)15-14-18-10-11-21(28-18)22-13-12-20(29-22)19-9-6-16-27-19/h3-13,16H,1-2H3,(H,25,26). The summed E-state index contributed by atoms with van der Waals surface area (Å²) in [5.41, 5.74) is 0.0202. The third-order valence-electron chi connectivity index (χ3n) is 4.18. The third kappa shape index (κ3) is 4.86. The van der Waals surface area contributed by atoms with Gasteiger partial charge in [0.25, 0.3) is 5.91 Å². The number of benzene rings is 1. The van der Waals surface area contributed by atoms with Crippen molar-refractivity contribution in [2.75, 3.05) is 0 Å². The van der Waals surface area contributed by atoms with Gasteiger partial charge in [-0.15, -0.1) is 34.0 Å². The number of amides is 1. The van der Waals surface area contributed by atoms with Crippen molar-refractivity contribution in [3.05, 3.63) is 82.6 Å². The van der Waals surface area contributed by atoms with E-state index >= 15 is 0 Å². The topological polar surface area (TPSA) is 29.1 Å². The Morgan fingerprint density at radius 2 is 1.52 bits per heavy atom. The summed E-state index contributed by atoms with van der Waals surface area (Å²) in [5, 5.41) is 5.10. The highest BCUT2D eigenvalue weighted by Gasteiger charge is 2.18. The van der Waals surface area contributed by atoms with E-state index in [-0.39, 0.29) is 5.91 Å². The Morgan fingerprint density at radius 3 is 2.24 bits per heavy atom. The first-order valence-electron chi connectivity index (χ1n) is 9.15. The predicted octanol–water partition coefficient (Wildman–Crippen LogP) is 6.77. The molecule has 0 aliphatic carbocycles. The summed E-state index contributed by atoms with van der Waals surface area (Å²) in [4.78, 5) is 18.4. The van der Waals surface area contributed by atoms with Gasteiger partial charge in [-0.25, -0.2) is 0 Å². The molecule has 0 saturated carbocycles. The molecule has 0 aliphatic rings. The molecule has 4 aromatic rings. The maximum atomic E-state index is 12.4. The van der Waals surface area contributed by atoms with Crippen LogP contribution in [0.25, 0.3) is 19.5 Å². The molecule has 5 heteroatoms. The summed E-state index contributed by atoms with van der Waals surface area (Å²) < 4.78 is 0. The molecule has 1 amide bonds. The molecule has 2 nitrogen and oxygen atoms in total. The molecule has 0 saturated heterocycles. The molecule has 4 rings (SSSR count). The van der Waals surface area contributed by atoms with E-state index in [1.54, 1.807) is 46.1 Å². The summed E-state index contributed by atoms with van der Waals surface area (Å²) in [6, 6.07) is 22.0. The molecule has 0 atom stereocenters.